The third-order valence-electron chi connectivity index (χ3n) is 2.05. The van der Waals surface area contributed by atoms with Crippen molar-refractivity contribution in [3.05, 3.63) is 28.8 Å². The molecule has 0 spiro atoms. The molecule has 0 saturated carbocycles. The van der Waals surface area contributed by atoms with E-state index in [0.29, 0.717) is 5.56 Å². The molecule has 0 unspecified atom stereocenters. The van der Waals surface area contributed by atoms with Crippen molar-refractivity contribution in [2.45, 2.75) is 26.3 Å². The van der Waals surface area contributed by atoms with Gasteiger partial charge in [0.2, 0.25) is 5.91 Å². The van der Waals surface area contributed by atoms with Crippen molar-refractivity contribution < 1.29 is 22.7 Å². The lowest BCUT2D eigenvalue weighted by Gasteiger charge is -2.11. The van der Waals surface area contributed by atoms with Gasteiger partial charge in [0.1, 0.15) is 5.75 Å². The van der Waals surface area contributed by atoms with Crippen molar-refractivity contribution in [1.29, 1.82) is 0 Å². The predicted molar refractivity (Wildman–Crippen MR) is 60.3 cm³/mol. The Morgan fingerprint density at radius 2 is 2.11 bits per heavy atom. The van der Waals surface area contributed by atoms with E-state index in [1.54, 1.807) is 6.92 Å². The molecule has 3 nitrogen and oxygen atoms in total. The van der Waals surface area contributed by atoms with E-state index in [-0.39, 0.29) is 29.6 Å². The molecule has 1 amide bonds. The highest BCUT2D eigenvalue weighted by Gasteiger charge is 2.31. The zero-order valence-electron chi connectivity index (χ0n) is 9.47. The molecule has 0 aromatic heterocycles. The van der Waals surface area contributed by atoms with E-state index in [4.69, 9.17) is 11.6 Å². The van der Waals surface area contributed by atoms with Crippen LogP contribution in [0, 0.1) is 0 Å². The number of carbonyl (C=O) groups excluding carboxylic acids is 1. The van der Waals surface area contributed by atoms with Gasteiger partial charge in [-0.05, 0) is 23.8 Å². The van der Waals surface area contributed by atoms with Crippen molar-refractivity contribution in [3.63, 3.8) is 0 Å². The van der Waals surface area contributed by atoms with Crippen LogP contribution in [0.15, 0.2) is 18.2 Å². The Balaban J connectivity index is 2.78. The van der Waals surface area contributed by atoms with Gasteiger partial charge in [-0.3, -0.25) is 4.79 Å². The first kappa shape index (κ1) is 14.6. The van der Waals surface area contributed by atoms with Crippen molar-refractivity contribution in [1.82, 2.24) is 5.32 Å². The molecule has 100 valence electrons. The van der Waals surface area contributed by atoms with Crippen molar-refractivity contribution in [2.24, 2.45) is 0 Å². The summed E-state index contributed by atoms with van der Waals surface area (Å²) in [6.07, 6.45) is -4.46. The highest BCUT2D eigenvalue weighted by atomic mass is 35.5. The van der Waals surface area contributed by atoms with Crippen LogP contribution in [-0.2, 0) is 11.3 Å². The number of ether oxygens (including phenoxy) is 1. The van der Waals surface area contributed by atoms with E-state index in [1.165, 1.54) is 6.07 Å². The number of hydrogen-bond acceptors (Lipinski definition) is 2. The molecule has 7 heteroatoms. The Morgan fingerprint density at radius 1 is 1.44 bits per heavy atom. The summed E-state index contributed by atoms with van der Waals surface area (Å²) in [5.74, 6) is -0.583. The van der Waals surface area contributed by atoms with Gasteiger partial charge in [-0.15, -0.1) is 13.2 Å². The molecule has 18 heavy (non-hydrogen) atoms. The second-order valence-electron chi connectivity index (χ2n) is 3.43. The average molecular weight is 282 g/mol. The van der Waals surface area contributed by atoms with Gasteiger partial charge in [0, 0.05) is 18.0 Å². The van der Waals surface area contributed by atoms with E-state index in [1.807, 2.05) is 0 Å². The van der Waals surface area contributed by atoms with Crippen molar-refractivity contribution in [3.8, 4) is 5.75 Å². The first-order valence-electron chi connectivity index (χ1n) is 5.12. The minimum Gasteiger partial charge on any atom is -0.406 e. The van der Waals surface area contributed by atoms with E-state index in [9.17, 15) is 18.0 Å². The Kier molecular flexibility index (Phi) is 4.84. The molecule has 0 radical (unpaired) electrons. The number of nitrogens with one attached hydrogen (secondary N) is 1. The zero-order chi connectivity index (χ0) is 13.8. The molecule has 0 bridgehead atoms. The normalized spacial score (nSPS) is 11.2. The Bertz CT molecular complexity index is 435. The van der Waals surface area contributed by atoms with Crippen LogP contribution >= 0.6 is 11.6 Å². The maximum Gasteiger partial charge on any atom is 0.573 e. The number of halogens is 4. The molecule has 1 N–H and O–H groups in total. The van der Waals surface area contributed by atoms with Gasteiger partial charge in [0.05, 0.1) is 0 Å². The lowest BCUT2D eigenvalue weighted by Crippen LogP contribution is -2.22. The molecule has 0 fully saturated rings. The van der Waals surface area contributed by atoms with Crippen LogP contribution in [0.1, 0.15) is 18.9 Å². The van der Waals surface area contributed by atoms with Crippen LogP contribution in [0.2, 0.25) is 5.02 Å². The summed E-state index contributed by atoms with van der Waals surface area (Å²) in [7, 11) is 0. The highest BCUT2D eigenvalue weighted by Crippen LogP contribution is 2.27. The summed E-state index contributed by atoms with van der Waals surface area (Å²) in [6, 6.07) is 3.54. The molecule has 1 aromatic rings. The first-order valence-corrected chi connectivity index (χ1v) is 5.50. The Labute approximate surface area is 107 Å². The van der Waals surface area contributed by atoms with E-state index >= 15 is 0 Å². The molecule has 0 aliphatic heterocycles. The van der Waals surface area contributed by atoms with Crippen LogP contribution in [0.25, 0.3) is 0 Å². The first-order chi connectivity index (χ1) is 8.31. The topological polar surface area (TPSA) is 38.3 Å². The van der Waals surface area contributed by atoms with Gasteiger partial charge in [0.25, 0.3) is 0 Å². The molecule has 0 heterocycles. The number of alkyl halides is 3. The summed E-state index contributed by atoms with van der Waals surface area (Å²) in [4.78, 5) is 11.0. The van der Waals surface area contributed by atoms with Crippen LogP contribution in [-0.4, -0.2) is 12.3 Å². The highest BCUT2D eigenvalue weighted by molar-refractivity contribution is 6.31. The Morgan fingerprint density at radius 3 is 2.67 bits per heavy atom. The third kappa shape index (κ3) is 4.83. The summed E-state index contributed by atoms with van der Waals surface area (Å²) in [5.41, 5.74) is 0.361. The monoisotopic (exact) mass is 281 g/mol. The molecule has 0 saturated heterocycles. The SMILES string of the molecule is CCC(=O)NCc1cc(OC(F)(F)F)ccc1Cl. The summed E-state index contributed by atoms with van der Waals surface area (Å²) in [5, 5.41) is 2.78. The molecular formula is C11H11ClF3NO2. The maximum atomic E-state index is 12.0. The van der Waals surface area contributed by atoms with E-state index < -0.39 is 6.36 Å². The summed E-state index contributed by atoms with van der Waals surface area (Å²) >= 11 is 5.81. The van der Waals surface area contributed by atoms with Gasteiger partial charge < -0.3 is 10.1 Å². The van der Waals surface area contributed by atoms with Gasteiger partial charge in [-0.2, -0.15) is 0 Å². The fourth-order valence-corrected chi connectivity index (χ4v) is 1.39. The maximum absolute atomic E-state index is 12.0. The number of carbonyl (C=O) groups is 1. The van der Waals surface area contributed by atoms with Gasteiger partial charge in [-0.25, -0.2) is 0 Å². The van der Waals surface area contributed by atoms with Crippen LogP contribution in [0.5, 0.6) is 5.75 Å². The summed E-state index contributed by atoms with van der Waals surface area (Å²) in [6.45, 7) is 1.72. The van der Waals surface area contributed by atoms with Crippen LogP contribution in [0.4, 0.5) is 13.2 Å². The predicted octanol–water partition coefficient (Wildman–Crippen LogP) is 3.26. The largest absolute Gasteiger partial charge is 0.573 e. The third-order valence-corrected chi connectivity index (χ3v) is 2.42. The van der Waals surface area contributed by atoms with Gasteiger partial charge in [-0.1, -0.05) is 18.5 Å². The number of hydrogen-bond donors (Lipinski definition) is 1. The number of amides is 1. The van der Waals surface area contributed by atoms with Gasteiger partial charge in [0.15, 0.2) is 0 Å². The molecule has 0 aliphatic rings. The van der Waals surface area contributed by atoms with E-state index in [0.717, 1.165) is 12.1 Å². The lowest BCUT2D eigenvalue weighted by atomic mass is 10.2. The van der Waals surface area contributed by atoms with Crippen molar-refractivity contribution >= 4 is 17.5 Å². The molecular weight excluding hydrogens is 271 g/mol. The average Bonchev–Trinajstić information content (AvgIpc) is 2.27. The lowest BCUT2D eigenvalue weighted by molar-refractivity contribution is -0.274. The molecule has 1 rings (SSSR count). The van der Waals surface area contributed by atoms with Crippen LogP contribution < -0.4 is 10.1 Å². The van der Waals surface area contributed by atoms with Crippen LogP contribution in [0.3, 0.4) is 0 Å². The summed E-state index contributed by atoms with van der Waals surface area (Å²) < 4.78 is 39.8. The number of rotatable bonds is 4. The number of benzene rings is 1. The molecule has 0 atom stereocenters. The molecule has 1 aromatic carbocycles. The standard InChI is InChI=1S/C11H11ClF3NO2/c1-2-10(17)16-6-7-5-8(3-4-9(7)12)18-11(13,14)15/h3-5H,2,6H2,1H3,(H,16,17). The zero-order valence-corrected chi connectivity index (χ0v) is 10.2. The fourth-order valence-electron chi connectivity index (χ4n) is 1.20. The fraction of sp³-hybridized carbons (Fsp3) is 0.364. The molecule has 0 aliphatic carbocycles. The van der Waals surface area contributed by atoms with E-state index in [2.05, 4.69) is 10.1 Å². The Hall–Kier alpha value is -1.43. The second kappa shape index (κ2) is 5.95. The van der Waals surface area contributed by atoms with Gasteiger partial charge >= 0.3 is 6.36 Å². The second-order valence-corrected chi connectivity index (χ2v) is 3.84. The minimum atomic E-state index is -4.75. The quantitative estimate of drug-likeness (QED) is 0.920. The van der Waals surface area contributed by atoms with Crippen molar-refractivity contribution in [2.75, 3.05) is 0 Å². The minimum absolute atomic E-state index is 0.0561. The smallest absolute Gasteiger partial charge is 0.406 e.